The zero-order valence-corrected chi connectivity index (χ0v) is 8.62. The van der Waals surface area contributed by atoms with Gasteiger partial charge < -0.3 is 10.3 Å². The van der Waals surface area contributed by atoms with E-state index >= 15 is 0 Å². The Morgan fingerprint density at radius 3 is 2.93 bits per heavy atom. The van der Waals surface area contributed by atoms with Crippen molar-refractivity contribution in [3.63, 3.8) is 0 Å². The minimum Gasteiger partial charge on any atom is -0.349 e. The average molecular weight is 206 g/mol. The number of nitrogens with one attached hydrogen (secondary N) is 2. The normalized spacial score (nSPS) is 11.8. The first-order valence-corrected chi connectivity index (χ1v) is 4.74. The maximum absolute atomic E-state index is 11.6. The molecule has 1 amide bonds. The van der Waals surface area contributed by atoms with Gasteiger partial charge in [0.25, 0.3) is 5.91 Å². The molecule has 1 unspecified atom stereocenters. The molecule has 15 heavy (non-hydrogen) atoms. The van der Waals surface area contributed by atoms with Crippen LogP contribution in [0.3, 0.4) is 0 Å². The molecule has 0 bridgehead atoms. The highest BCUT2D eigenvalue weighted by atomic mass is 16.1. The molecule has 4 nitrogen and oxygen atoms in total. The van der Waals surface area contributed by atoms with E-state index in [1.54, 1.807) is 6.08 Å². The Labute approximate surface area is 88.0 Å². The largest absolute Gasteiger partial charge is 0.349 e. The molecule has 1 atom stereocenters. The summed E-state index contributed by atoms with van der Waals surface area (Å²) >= 11 is 0. The molecular weight excluding hydrogens is 192 g/mol. The lowest BCUT2D eigenvalue weighted by molar-refractivity contribution is 0.0940. The summed E-state index contributed by atoms with van der Waals surface area (Å²) in [7, 11) is 0. The van der Waals surface area contributed by atoms with E-state index in [0.717, 1.165) is 6.42 Å². The number of rotatable bonds is 4. The second kappa shape index (κ2) is 5.14. The number of aromatic amines is 1. The molecule has 0 saturated heterocycles. The van der Waals surface area contributed by atoms with Crippen LogP contribution >= 0.6 is 0 Å². The van der Waals surface area contributed by atoms with Crippen molar-refractivity contribution in [2.24, 2.45) is 0 Å². The lowest BCUT2D eigenvalue weighted by atomic mass is 10.2. The van der Waals surface area contributed by atoms with Gasteiger partial charge in [-0.25, -0.2) is 0 Å². The maximum Gasteiger partial charge on any atom is 0.252 e. The predicted molar refractivity (Wildman–Crippen MR) is 58.8 cm³/mol. The molecule has 2 N–H and O–H groups in total. The molecule has 0 saturated carbocycles. The molecule has 1 aromatic heterocycles. The number of carbonyl (C=O) groups excluding carboxylic acids is 1. The van der Waals surface area contributed by atoms with Crippen LogP contribution in [-0.2, 0) is 0 Å². The van der Waals surface area contributed by atoms with Crippen molar-refractivity contribution in [1.29, 1.82) is 0 Å². The van der Waals surface area contributed by atoms with Gasteiger partial charge in [-0.15, -0.1) is 6.58 Å². The molecule has 0 aliphatic heterocycles. The summed E-state index contributed by atoms with van der Waals surface area (Å²) in [6.45, 7) is 5.49. The molecule has 1 rings (SSSR count). The van der Waals surface area contributed by atoms with Crippen LogP contribution in [0.25, 0.3) is 0 Å². The van der Waals surface area contributed by atoms with E-state index in [1.165, 1.54) is 18.3 Å². The standard InChI is InChI=1S/C11H14N2O2/c1-3-4-8(2)13-11(15)9-5-6-10(14)12-7-9/h3,5-8H,1,4H2,2H3,(H,12,14)(H,13,15). The topological polar surface area (TPSA) is 62.0 Å². The Bertz CT molecular complexity index is 389. The number of amides is 1. The molecule has 0 fully saturated rings. The van der Waals surface area contributed by atoms with Crippen molar-refractivity contribution in [2.45, 2.75) is 19.4 Å². The monoisotopic (exact) mass is 206 g/mol. The molecule has 0 aliphatic rings. The van der Waals surface area contributed by atoms with E-state index in [9.17, 15) is 9.59 Å². The Balaban J connectivity index is 2.65. The molecule has 0 spiro atoms. The van der Waals surface area contributed by atoms with Gasteiger partial charge in [-0.1, -0.05) is 6.08 Å². The van der Waals surface area contributed by atoms with Gasteiger partial charge in [0.15, 0.2) is 0 Å². The van der Waals surface area contributed by atoms with Gasteiger partial charge >= 0.3 is 0 Å². The zero-order chi connectivity index (χ0) is 11.3. The third-order valence-corrected chi connectivity index (χ3v) is 1.94. The Morgan fingerprint density at radius 1 is 1.67 bits per heavy atom. The number of pyridine rings is 1. The van der Waals surface area contributed by atoms with Crippen molar-refractivity contribution >= 4 is 5.91 Å². The first-order chi connectivity index (χ1) is 7.13. The van der Waals surface area contributed by atoms with Gasteiger partial charge in [0.05, 0.1) is 5.56 Å². The predicted octanol–water partition coefficient (Wildman–Crippen LogP) is 1.07. The van der Waals surface area contributed by atoms with Crippen molar-refractivity contribution in [1.82, 2.24) is 10.3 Å². The minimum atomic E-state index is -0.217. The molecular formula is C11H14N2O2. The first kappa shape index (κ1) is 11.2. The van der Waals surface area contributed by atoms with E-state index in [-0.39, 0.29) is 17.5 Å². The van der Waals surface area contributed by atoms with Crippen LogP contribution in [0.5, 0.6) is 0 Å². The zero-order valence-electron chi connectivity index (χ0n) is 8.62. The van der Waals surface area contributed by atoms with Crippen LogP contribution in [-0.4, -0.2) is 16.9 Å². The molecule has 0 radical (unpaired) electrons. The molecule has 4 heteroatoms. The highest BCUT2D eigenvalue weighted by Gasteiger charge is 2.07. The lowest BCUT2D eigenvalue weighted by Gasteiger charge is -2.11. The van der Waals surface area contributed by atoms with Gasteiger partial charge in [-0.3, -0.25) is 9.59 Å². The van der Waals surface area contributed by atoms with Crippen molar-refractivity contribution < 1.29 is 4.79 Å². The van der Waals surface area contributed by atoms with Gasteiger partial charge in [0.1, 0.15) is 0 Å². The number of H-pyrrole nitrogens is 1. The SMILES string of the molecule is C=CCC(C)NC(=O)c1ccc(=O)[nH]c1. The number of carbonyl (C=O) groups is 1. The maximum atomic E-state index is 11.6. The number of hydrogen-bond acceptors (Lipinski definition) is 2. The van der Waals surface area contributed by atoms with Crippen LogP contribution in [0, 0.1) is 0 Å². The van der Waals surface area contributed by atoms with Crippen LogP contribution in [0.15, 0.2) is 35.8 Å². The van der Waals surface area contributed by atoms with Crippen LogP contribution in [0.1, 0.15) is 23.7 Å². The van der Waals surface area contributed by atoms with Gasteiger partial charge in [0.2, 0.25) is 5.56 Å². The molecule has 1 heterocycles. The van der Waals surface area contributed by atoms with Gasteiger partial charge in [-0.05, 0) is 19.4 Å². The smallest absolute Gasteiger partial charge is 0.252 e. The summed E-state index contributed by atoms with van der Waals surface area (Å²) in [5.41, 5.74) is 0.233. The second-order valence-electron chi connectivity index (χ2n) is 3.34. The van der Waals surface area contributed by atoms with E-state index in [4.69, 9.17) is 0 Å². The number of hydrogen-bond donors (Lipinski definition) is 2. The fourth-order valence-corrected chi connectivity index (χ4v) is 1.17. The summed E-state index contributed by atoms with van der Waals surface area (Å²) in [5, 5.41) is 2.78. The Hall–Kier alpha value is -1.84. The summed E-state index contributed by atoms with van der Waals surface area (Å²) in [6, 6.07) is 2.86. The van der Waals surface area contributed by atoms with E-state index in [2.05, 4.69) is 16.9 Å². The Kier molecular flexibility index (Phi) is 3.85. The molecule has 0 aliphatic carbocycles. The van der Waals surface area contributed by atoms with Crippen LogP contribution in [0.2, 0.25) is 0 Å². The molecule has 1 aromatic rings. The average Bonchev–Trinajstić information content (AvgIpc) is 2.18. The number of aromatic nitrogens is 1. The quantitative estimate of drug-likeness (QED) is 0.724. The lowest BCUT2D eigenvalue weighted by Crippen LogP contribution is -2.32. The van der Waals surface area contributed by atoms with E-state index in [1.807, 2.05) is 6.92 Å². The molecule has 0 aromatic carbocycles. The highest BCUT2D eigenvalue weighted by Crippen LogP contribution is 1.97. The Morgan fingerprint density at radius 2 is 2.40 bits per heavy atom. The minimum absolute atomic E-state index is 0.0435. The summed E-state index contributed by atoms with van der Waals surface area (Å²) in [4.78, 5) is 24.8. The first-order valence-electron chi connectivity index (χ1n) is 4.74. The van der Waals surface area contributed by atoms with E-state index in [0.29, 0.717) is 5.56 Å². The fraction of sp³-hybridized carbons (Fsp3) is 0.273. The van der Waals surface area contributed by atoms with Crippen LogP contribution in [0.4, 0.5) is 0 Å². The van der Waals surface area contributed by atoms with Gasteiger partial charge in [-0.2, -0.15) is 0 Å². The van der Waals surface area contributed by atoms with Crippen molar-refractivity contribution in [2.75, 3.05) is 0 Å². The summed E-state index contributed by atoms with van der Waals surface area (Å²) in [6.07, 6.45) is 3.87. The van der Waals surface area contributed by atoms with E-state index < -0.39 is 0 Å². The van der Waals surface area contributed by atoms with Crippen molar-refractivity contribution in [3.8, 4) is 0 Å². The fourth-order valence-electron chi connectivity index (χ4n) is 1.17. The second-order valence-corrected chi connectivity index (χ2v) is 3.34. The summed E-state index contributed by atoms with van der Waals surface area (Å²) < 4.78 is 0. The third kappa shape index (κ3) is 3.42. The van der Waals surface area contributed by atoms with Crippen molar-refractivity contribution in [3.05, 3.63) is 46.9 Å². The highest BCUT2D eigenvalue weighted by molar-refractivity contribution is 5.93. The molecule has 80 valence electrons. The third-order valence-electron chi connectivity index (χ3n) is 1.94. The van der Waals surface area contributed by atoms with Crippen LogP contribution < -0.4 is 10.9 Å². The van der Waals surface area contributed by atoms with Gasteiger partial charge in [0, 0.05) is 18.3 Å². The summed E-state index contributed by atoms with van der Waals surface area (Å²) in [5.74, 6) is -0.194.